The maximum absolute atomic E-state index is 6.09. The number of hydrogen-bond donors (Lipinski definition) is 1. The van der Waals surface area contributed by atoms with Crippen LogP contribution in [0.4, 0.5) is 0 Å². The molecule has 0 saturated heterocycles. The Balaban J connectivity index is 2.29. The van der Waals surface area contributed by atoms with Crippen LogP contribution in [0.15, 0.2) is 45.3 Å². The molecule has 0 aromatic heterocycles. The van der Waals surface area contributed by atoms with Gasteiger partial charge >= 0.3 is 0 Å². The number of hydrogen-bond acceptors (Lipinski definition) is 2. The molecule has 0 saturated carbocycles. The molecule has 0 radical (unpaired) electrons. The molecule has 2 nitrogen and oxygen atoms in total. The summed E-state index contributed by atoms with van der Waals surface area (Å²) in [6, 6.07) is 10.8. The third-order valence-electron chi connectivity index (χ3n) is 2.33. The van der Waals surface area contributed by atoms with E-state index in [4.69, 9.17) is 34.3 Å². The summed E-state index contributed by atoms with van der Waals surface area (Å²) in [5.74, 6) is 1.32. The summed E-state index contributed by atoms with van der Waals surface area (Å²) in [7, 11) is 0. The van der Waals surface area contributed by atoms with Crippen LogP contribution in [0.3, 0.4) is 0 Å². The molecule has 0 unspecified atom stereocenters. The van der Waals surface area contributed by atoms with E-state index in [1.54, 1.807) is 18.2 Å². The van der Waals surface area contributed by atoms with Crippen LogP contribution in [0.1, 0.15) is 5.56 Å². The van der Waals surface area contributed by atoms with Gasteiger partial charge in [-0.05, 0) is 46.3 Å². The number of halogens is 3. The third kappa shape index (κ3) is 3.69. The summed E-state index contributed by atoms with van der Waals surface area (Å²) >= 11 is 17.8. The Morgan fingerprint density at radius 3 is 2.47 bits per heavy atom. The second-order valence-corrected chi connectivity index (χ2v) is 6.30. The molecule has 2 aromatic carbocycles. The van der Waals surface area contributed by atoms with Crippen LogP contribution in [-0.2, 0) is 0 Å². The van der Waals surface area contributed by atoms with Crippen LogP contribution >= 0.6 is 55.7 Å². The molecule has 0 atom stereocenters. The number of rotatable bonds is 3. The van der Waals surface area contributed by atoms with Crippen molar-refractivity contribution in [2.75, 3.05) is 0 Å². The van der Waals surface area contributed by atoms with Gasteiger partial charge in [-0.1, -0.05) is 39.7 Å². The minimum atomic E-state index is 0.265. The Morgan fingerprint density at radius 1 is 1.16 bits per heavy atom. The van der Waals surface area contributed by atoms with Crippen LogP contribution in [0.25, 0.3) is 0 Å². The highest BCUT2D eigenvalue weighted by molar-refractivity contribution is 9.11. The van der Waals surface area contributed by atoms with Gasteiger partial charge in [-0.15, -0.1) is 0 Å². The van der Waals surface area contributed by atoms with Gasteiger partial charge in [0.25, 0.3) is 0 Å². The van der Waals surface area contributed by atoms with Crippen LogP contribution in [-0.4, -0.2) is 4.99 Å². The largest absolute Gasteiger partial charge is 0.456 e. The lowest BCUT2D eigenvalue weighted by atomic mass is 10.2. The lowest BCUT2D eigenvalue weighted by Gasteiger charge is -2.10. The van der Waals surface area contributed by atoms with Gasteiger partial charge in [0, 0.05) is 16.1 Å². The molecule has 0 aliphatic carbocycles. The maximum Gasteiger partial charge on any atom is 0.141 e. The zero-order chi connectivity index (χ0) is 14.0. The average molecular weight is 422 g/mol. The number of benzene rings is 2. The highest BCUT2D eigenvalue weighted by Gasteiger charge is 2.07. The standard InChI is InChI=1S/C13H8Br2ClNOS/c14-7-1-4-12(10(15)5-7)18-8-2-3-9(13(17)19)11(16)6-8/h1-6H,(H2,17,19). The van der Waals surface area contributed by atoms with Crippen LogP contribution < -0.4 is 10.5 Å². The van der Waals surface area contributed by atoms with E-state index in [1.807, 2.05) is 18.2 Å². The van der Waals surface area contributed by atoms with Crippen molar-refractivity contribution >= 4 is 60.7 Å². The Kier molecular flexibility index (Phi) is 4.84. The molecule has 6 heteroatoms. The first-order valence-corrected chi connectivity index (χ1v) is 7.57. The monoisotopic (exact) mass is 419 g/mol. The van der Waals surface area contributed by atoms with Crippen molar-refractivity contribution in [2.24, 2.45) is 5.73 Å². The normalized spacial score (nSPS) is 10.3. The molecule has 0 aliphatic heterocycles. The van der Waals surface area contributed by atoms with Crippen molar-refractivity contribution < 1.29 is 4.74 Å². The number of nitrogens with two attached hydrogens (primary N) is 1. The van der Waals surface area contributed by atoms with Crippen molar-refractivity contribution in [1.82, 2.24) is 0 Å². The minimum absolute atomic E-state index is 0.265. The first-order chi connectivity index (χ1) is 8.97. The molecule has 0 bridgehead atoms. The van der Waals surface area contributed by atoms with Gasteiger partial charge in [0.05, 0.1) is 9.50 Å². The summed E-state index contributed by atoms with van der Waals surface area (Å²) in [6.07, 6.45) is 0. The molecule has 19 heavy (non-hydrogen) atoms. The molecular formula is C13H8Br2ClNOS. The second kappa shape index (κ2) is 6.22. The van der Waals surface area contributed by atoms with E-state index in [9.17, 15) is 0 Å². The molecule has 0 heterocycles. The van der Waals surface area contributed by atoms with Gasteiger partial charge in [-0.2, -0.15) is 0 Å². The van der Waals surface area contributed by atoms with E-state index < -0.39 is 0 Å². The van der Waals surface area contributed by atoms with Gasteiger partial charge in [0.2, 0.25) is 0 Å². The van der Waals surface area contributed by atoms with Gasteiger partial charge in [0.1, 0.15) is 16.5 Å². The van der Waals surface area contributed by atoms with Crippen molar-refractivity contribution in [3.63, 3.8) is 0 Å². The van der Waals surface area contributed by atoms with E-state index in [0.717, 1.165) is 8.95 Å². The minimum Gasteiger partial charge on any atom is -0.456 e. The predicted octanol–water partition coefficient (Wildman–Crippen LogP) is 5.29. The smallest absolute Gasteiger partial charge is 0.141 e. The number of thiocarbonyl (C=S) groups is 1. The molecule has 0 spiro atoms. The fourth-order valence-corrected chi connectivity index (χ4v) is 3.08. The van der Waals surface area contributed by atoms with E-state index >= 15 is 0 Å². The molecule has 2 aromatic rings. The third-order valence-corrected chi connectivity index (χ3v) is 3.97. The van der Waals surface area contributed by atoms with E-state index in [1.165, 1.54) is 0 Å². The summed E-state index contributed by atoms with van der Waals surface area (Å²) in [5.41, 5.74) is 6.19. The van der Waals surface area contributed by atoms with E-state index in [-0.39, 0.29) is 4.99 Å². The first-order valence-electron chi connectivity index (χ1n) is 5.19. The van der Waals surface area contributed by atoms with Gasteiger partial charge < -0.3 is 10.5 Å². The maximum atomic E-state index is 6.09. The van der Waals surface area contributed by atoms with Crippen LogP contribution in [0.5, 0.6) is 11.5 Å². The summed E-state index contributed by atoms with van der Waals surface area (Å²) < 4.78 is 7.55. The Labute approximate surface area is 138 Å². The summed E-state index contributed by atoms with van der Waals surface area (Å²) in [6.45, 7) is 0. The Hall–Kier alpha value is -0.620. The van der Waals surface area contributed by atoms with Crippen LogP contribution in [0, 0.1) is 0 Å². The molecule has 2 rings (SSSR count). The van der Waals surface area contributed by atoms with E-state index in [0.29, 0.717) is 22.1 Å². The zero-order valence-corrected chi connectivity index (χ0v) is 14.2. The topological polar surface area (TPSA) is 35.2 Å². The summed E-state index contributed by atoms with van der Waals surface area (Å²) in [4.78, 5) is 0.265. The van der Waals surface area contributed by atoms with Crippen molar-refractivity contribution in [3.05, 3.63) is 55.9 Å². The molecule has 0 aliphatic rings. The molecule has 0 amide bonds. The van der Waals surface area contributed by atoms with Gasteiger partial charge in [-0.3, -0.25) is 0 Å². The fraction of sp³-hybridized carbons (Fsp3) is 0. The Bertz CT molecular complexity index is 649. The van der Waals surface area contributed by atoms with Crippen molar-refractivity contribution in [3.8, 4) is 11.5 Å². The predicted molar refractivity (Wildman–Crippen MR) is 89.3 cm³/mol. The Morgan fingerprint density at radius 2 is 1.89 bits per heavy atom. The first kappa shape index (κ1) is 14.8. The summed E-state index contributed by atoms with van der Waals surface area (Å²) in [5, 5.41) is 0.471. The van der Waals surface area contributed by atoms with Crippen molar-refractivity contribution in [1.29, 1.82) is 0 Å². The van der Waals surface area contributed by atoms with Crippen LogP contribution in [0.2, 0.25) is 5.02 Å². The number of ether oxygens (including phenoxy) is 1. The van der Waals surface area contributed by atoms with Gasteiger partial charge in [-0.25, -0.2) is 0 Å². The quantitative estimate of drug-likeness (QED) is 0.684. The molecular weight excluding hydrogens is 413 g/mol. The lowest BCUT2D eigenvalue weighted by molar-refractivity contribution is 0.479. The van der Waals surface area contributed by atoms with Crippen molar-refractivity contribution in [2.45, 2.75) is 0 Å². The second-order valence-electron chi connectivity index (χ2n) is 3.68. The lowest BCUT2D eigenvalue weighted by Crippen LogP contribution is -2.09. The fourth-order valence-electron chi connectivity index (χ4n) is 1.44. The van der Waals surface area contributed by atoms with Gasteiger partial charge in [0.15, 0.2) is 0 Å². The highest BCUT2D eigenvalue weighted by Crippen LogP contribution is 2.33. The highest BCUT2D eigenvalue weighted by atomic mass is 79.9. The molecule has 2 N–H and O–H groups in total. The average Bonchev–Trinajstić information content (AvgIpc) is 2.32. The zero-order valence-electron chi connectivity index (χ0n) is 9.49. The SMILES string of the molecule is NC(=S)c1ccc(Oc2ccc(Br)cc2Br)cc1Cl. The molecule has 0 fully saturated rings. The van der Waals surface area contributed by atoms with E-state index in [2.05, 4.69) is 31.9 Å². The molecule has 98 valence electrons.